The average Bonchev–Trinajstić information content (AvgIpc) is 2.67. The van der Waals surface area contributed by atoms with Crippen LogP contribution in [-0.4, -0.2) is 17.2 Å². The summed E-state index contributed by atoms with van der Waals surface area (Å²) in [6, 6.07) is 30.1. The van der Waals surface area contributed by atoms with Crippen molar-refractivity contribution in [1.82, 2.24) is 0 Å². The Labute approximate surface area is 155 Å². The van der Waals surface area contributed by atoms with Gasteiger partial charge in [-0.05, 0) is 50.2 Å². The highest BCUT2D eigenvalue weighted by Crippen LogP contribution is 2.60. The van der Waals surface area contributed by atoms with E-state index < -0.39 is 12.9 Å². The predicted molar refractivity (Wildman–Crippen MR) is 110 cm³/mol. The maximum atomic E-state index is 12.8. The molecule has 26 heavy (non-hydrogen) atoms. The van der Waals surface area contributed by atoms with Crippen LogP contribution in [0.2, 0.25) is 0 Å². The van der Waals surface area contributed by atoms with Gasteiger partial charge in [0.15, 0.2) is 17.2 Å². The predicted octanol–water partition coefficient (Wildman–Crippen LogP) is 3.53. The Hall–Kier alpha value is -2.57. The van der Waals surface area contributed by atoms with Gasteiger partial charge in [0.1, 0.15) is 23.2 Å². The highest BCUT2D eigenvalue weighted by molar-refractivity contribution is 7.97. The molecule has 0 aliphatic carbocycles. The summed E-state index contributed by atoms with van der Waals surface area (Å²) in [7, 11) is -2.47. The molecule has 2 nitrogen and oxygen atoms in total. The van der Waals surface area contributed by atoms with Crippen LogP contribution in [0, 0.1) is 0 Å². The van der Waals surface area contributed by atoms with Crippen molar-refractivity contribution in [3.63, 3.8) is 0 Å². The standard InChI is InChI=1S/C23H22O2P/c1-18(24)23(19(2)25)26(20-12-6-3-7-13-20,21-14-8-4-9-15-21)22-16-10-5-11-17-22/h3-17,23H,1-2H3/q+1. The number of rotatable bonds is 6. The van der Waals surface area contributed by atoms with E-state index in [2.05, 4.69) is 0 Å². The van der Waals surface area contributed by atoms with Crippen molar-refractivity contribution >= 4 is 34.7 Å². The van der Waals surface area contributed by atoms with Gasteiger partial charge >= 0.3 is 0 Å². The third-order valence-corrected chi connectivity index (χ3v) is 9.49. The van der Waals surface area contributed by atoms with Gasteiger partial charge in [-0.25, -0.2) is 0 Å². The summed E-state index contributed by atoms with van der Waals surface area (Å²) in [5.41, 5.74) is -0.685. The molecule has 0 spiro atoms. The summed E-state index contributed by atoms with van der Waals surface area (Å²) in [4.78, 5) is 25.5. The number of Topliss-reactive ketones (excluding diaryl/α,β-unsaturated/α-hetero) is 2. The number of carbonyl (C=O) groups is 2. The molecule has 0 aliphatic heterocycles. The van der Waals surface area contributed by atoms with Crippen LogP contribution in [0.25, 0.3) is 0 Å². The lowest BCUT2D eigenvalue weighted by molar-refractivity contribution is -0.124. The highest BCUT2D eigenvalue weighted by atomic mass is 31.2. The summed E-state index contributed by atoms with van der Waals surface area (Å²) < 4.78 is 0. The van der Waals surface area contributed by atoms with Gasteiger partial charge in [0, 0.05) is 0 Å². The first-order valence-electron chi connectivity index (χ1n) is 8.65. The Kier molecular flexibility index (Phi) is 5.44. The molecule has 3 aromatic carbocycles. The normalized spacial score (nSPS) is 11.3. The molecule has 130 valence electrons. The molecule has 0 atom stereocenters. The lowest BCUT2D eigenvalue weighted by Crippen LogP contribution is -2.45. The molecule has 0 saturated carbocycles. The summed E-state index contributed by atoms with van der Waals surface area (Å²) in [5.74, 6) is -0.162. The Bertz CT molecular complexity index is 779. The Morgan fingerprint density at radius 2 is 0.846 bits per heavy atom. The molecule has 0 aliphatic rings. The SMILES string of the molecule is CC(=O)C(C(C)=O)[P+](c1ccccc1)(c1ccccc1)c1ccccc1. The van der Waals surface area contributed by atoms with Crippen molar-refractivity contribution < 1.29 is 9.59 Å². The van der Waals surface area contributed by atoms with E-state index >= 15 is 0 Å². The topological polar surface area (TPSA) is 34.1 Å². The van der Waals surface area contributed by atoms with Crippen LogP contribution in [-0.2, 0) is 9.59 Å². The van der Waals surface area contributed by atoms with Crippen LogP contribution in [0.15, 0.2) is 91.0 Å². The second-order valence-corrected chi connectivity index (χ2v) is 9.86. The number of carbonyl (C=O) groups excluding carboxylic acids is 2. The fourth-order valence-electron chi connectivity index (χ4n) is 3.72. The van der Waals surface area contributed by atoms with Crippen LogP contribution in [0.4, 0.5) is 0 Å². The Balaban J connectivity index is 2.47. The minimum Gasteiger partial charge on any atom is -0.295 e. The van der Waals surface area contributed by atoms with Crippen LogP contribution >= 0.6 is 7.26 Å². The summed E-state index contributed by atoms with van der Waals surface area (Å²) in [5, 5.41) is 3.15. The van der Waals surface area contributed by atoms with E-state index in [4.69, 9.17) is 0 Å². The van der Waals surface area contributed by atoms with Gasteiger partial charge in [0.2, 0.25) is 0 Å². The van der Waals surface area contributed by atoms with Gasteiger partial charge in [0.05, 0.1) is 0 Å². The fraction of sp³-hybridized carbons (Fsp3) is 0.130. The van der Waals surface area contributed by atoms with E-state index in [0.29, 0.717) is 0 Å². The lowest BCUT2D eigenvalue weighted by atomic mass is 10.2. The maximum absolute atomic E-state index is 12.8. The zero-order valence-corrected chi connectivity index (χ0v) is 15.9. The van der Waals surface area contributed by atoms with Crippen molar-refractivity contribution in [3.8, 4) is 0 Å². The second-order valence-electron chi connectivity index (χ2n) is 6.35. The second kappa shape index (κ2) is 7.76. The zero-order chi connectivity index (χ0) is 18.6. The molecule has 0 fully saturated rings. The van der Waals surface area contributed by atoms with Crippen LogP contribution in [0.3, 0.4) is 0 Å². The third kappa shape index (κ3) is 3.13. The first-order chi connectivity index (χ1) is 12.6. The average molecular weight is 361 g/mol. The van der Waals surface area contributed by atoms with E-state index in [9.17, 15) is 9.59 Å². The molecule has 0 heterocycles. The molecule has 0 amide bonds. The fourth-order valence-corrected chi connectivity index (χ4v) is 8.52. The van der Waals surface area contributed by atoms with E-state index in [1.165, 1.54) is 13.8 Å². The number of hydrogen-bond donors (Lipinski definition) is 0. The molecular weight excluding hydrogens is 339 g/mol. The van der Waals surface area contributed by atoms with Crippen LogP contribution in [0.5, 0.6) is 0 Å². The third-order valence-electron chi connectivity index (χ3n) is 4.65. The summed E-state index contributed by atoms with van der Waals surface area (Å²) in [6.45, 7) is 3.07. The van der Waals surface area contributed by atoms with Crippen molar-refractivity contribution in [2.24, 2.45) is 0 Å². The molecular formula is C23H22O2P+. The van der Waals surface area contributed by atoms with Gasteiger partial charge in [-0.2, -0.15) is 0 Å². The summed E-state index contributed by atoms with van der Waals surface area (Å²) in [6.07, 6.45) is 0. The molecule has 3 aromatic rings. The quantitative estimate of drug-likeness (QED) is 0.497. The Morgan fingerprint density at radius 3 is 1.08 bits per heavy atom. The maximum Gasteiger partial charge on any atom is 0.198 e. The molecule has 0 unspecified atom stereocenters. The van der Waals surface area contributed by atoms with Gasteiger partial charge in [-0.15, -0.1) is 0 Å². The first kappa shape index (κ1) is 18.2. The Morgan fingerprint density at radius 1 is 0.577 bits per heavy atom. The van der Waals surface area contributed by atoms with Crippen molar-refractivity contribution in [3.05, 3.63) is 91.0 Å². The van der Waals surface area contributed by atoms with Gasteiger partial charge in [-0.1, -0.05) is 54.6 Å². The van der Waals surface area contributed by atoms with Gasteiger partial charge < -0.3 is 0 Å². The zero-order valence-electron chi connectivity index (χ0n) is 15.0. The molecule has 0 radical (unpaired) electrons. The molecule has 0 bridgehead atoms. The first-order valence-corrected chi connectivity index (χ1v) is 10.5. The minimum atomic E-state index is -2.47. The van der Waals surface area contributed by atoms with Crippen LogP contribution in [0.1, 0.15) is 13.8 Å². The van der Waals surface area contributed by atoms with E-state index in [0.717, 1.165) is 15.9 Å². The minimum absolute atomic E-state index is 0.0811. The lowest BCUT2D eigenvalue weighted by Gasteiger charge is -2.32. The smallest absolute Gasteiger partial charge is 0.198 e. The van der Waals surface area contributed by atoms with Gasteiger partial charge in [0.25, 0.3) is 0 Å². The highest BCUT2D eigenvalue weighted by Gasteiger charge is 2.56. The van der Waals surface area contributed by atoms with E-state index in [-0.39, 0.29) is 11.6 Å². The molecule has 0 N–H and O–H groups in total. The molecule has 3 rings (SSSR count). The van der Waals surface area contributed by atoms with Crippen molar-refractivity contribution in [2.75, 3.05) is 0 Å². The van der Waals surface area contributed by atoms with Gasteiger partial charge in [-0.3, -0.25) is 9.59 Å². The van der Waals surface area contributed by atoms with Crippen molar-refractivity contribution in [2.45, 2.75) is 19.5 Å². The molecule has 3 heteroatoms. The number of ketones is 2. The molecule has 0 saturated heterocycles. The van der Waals surface area contributed by atoms with E-state index in [1.54, 1.807) is 0 Å². The van der Waals surface area contributed by atoms with Crippen LogP contribution < -0.4 is 15.9 Å². The number of benzene rings is 3. The largest absolute Gasteiger partial charge is 0.295 e. The molecule has 0 aromatic heterocycles. The van der Waals surface area contributed by atoms with Crippen molar-refractivity contribution in [1.29, 1.82) is 0 Å². The number of hydrogen-bond acceptors (Lipinski definition) is 2. The summed E-state index contributed by atoms with van der Waals surface area (Å²) >= 11 is 0. The monoisotopic (exact) mass is 361 g/mol. The van der Waals surface area contributed by atoms with E-state index in [1.807, 2.05) is 91.0 Å².